The Bertz CT molecular complexity index is 741. The van der Waals surface area contributed by atoms with Crippen molar-refractivity contribution in [1.82, 2.24) is 0 Å². The summed E-state index contributed by atoms with van der Waals surface area (Å²) in [5.41, 5.74) is 3.96. The van der Waals surface area contributed by atoms with Crippen molar-refractivity contribution in [2.24, 2.45) is 0 Å². The molecule has 106 valence electrons. The molecule has 0 radical (unpaired) electrons. The first kappa shape index (κ1) is 14.3. The highest BCUT2D eigenvalue weighted by molar-refractivity contribution is 9.10. The molecule has 0 nitrogen and oxygen atoms in total. The van der Waals surface area contributed by atoms with Gasteiger partial charge in [-0.05, 0) is 56.2 Å². The Hall–Kier alpha value is -1.60. The number of benzene rings is 3. The quantitative estimate of drug-likeness (QED) is 0.501. The van der Waals surface area contributed by atoms with Gasteiger partial charge < -0.3 is 0 Å². The lowest BCUT2D eigenvalue weighted by molar-refractivity contribution is 0.795. The molecule has 0 N–H and O–H groups in total. The molecule has 0 bridgehead atoms. The first-order valence-electron chi connectivity index (χ1n) is 7.56. The molecule has 0 aliphatic rings. The first-order valence-corrected chi connectivity index (χ1v) is 8.35. The van der Waals surface area contributed by atoms with Crippen LogP contribution >= 0.6 is 15.9 Å². The van der Waals surface area contributed by atoms with Crippen molar-refractivity contribution in [2.45, 2.75) is 26.2 Å². The zero-order valence-electron chi connectivity index (χ0n) is 12.3. The average Bonchev–Trinajstić information content (AvgIpc) is 2.54. The second-order valence-corrected chi connectivity index (χ2v) is 6.24. The highest BCUT2D eigenvalue weighted by Crippen LogP contribution is 2.34. The molecule has 0 heterocycles. The fourth-order valence-electron chi connectivity index (χ4n) is 2.69. The van der Waals surface area contributed by atoms with Gasteiger partial charge in [0.15, 0.2) is 0 Å². The molecule has 0 aliphatic carbocycles. The Morgan fingerprint density at radius 2 is 1.62 bits per heavy atom. The summed E-state index contributed by atoms with van der Waals surface area (Å²) in [5.74, 6) is 0. The third-order valence-electron chi connectivity index (χ3n) is 3.95. The Morgan fingerprint density at radius 1 is 0.857 bits per heavy atom. The summed E-state index contributed by atoms with van der Waals surface area (Å²) in [7, 11) is 0. The number of unbranched alkanes of at least 4 members (excludes halogenated alkanes) is 1. The van der Waals surface area contributed by atoms with E-state index in [4.69, 9.17) is 0 Å². The zero-order chi connectivity index (χ0) is 14.7. The van der Waals surface area contributed by atoms with Crippen LogP contribution in [0.15, 0.2) is 65.1 Å². The summed E-state index contributed by atoms with van der Waals surface area (Å²) < 4.78 is 1.18. The van der Waals surface area contributed by atoms with Crippen molar-refractivity contribution in [1.29, 1.82) is 0 Å². The Labute approximate surface area is 134 Å². The number of hydrogen-bond acceptors (Lipinski definition) is 0. The van der Waals surface area contributed by atoms with E-state index in [-0.39, 0.29) is 0 Å². The molecule has 0 amide bonds. The summed E-state index contributed by atoms with van der Waals surface area (Å²) >= 11 is 3.78. The van der Waals surface area contributed by atoms with Crippen LogP contribution in [0.2, 0.25) is 0 Å². The maximum atomic E-state index is 3.78. The number of rotatable bonds is 4. The van der Waals surface area contributed by atoms with E-state index in [1.165, 1.54) is 51.2 Å². The molecule has 0 aliphatic heterocycles. The normalized spacial score (nSPS) is 11.0. The summed E-state index contributed by atoms with van der Waals surface area (Å²) in [6.07, 6.45) is 3.69. The average molecular weight is 339 g/mol. The predicted molar refractivity (Wildman–Crippen MR) is 95.7 cm³/mol. The predicted octanol–water partition coefficient (Wildman–Crippen LogP) is 6.61. The van der Waals surface area contributed by atoms with Gasteiger partial charge >= 0.3 is 0 Å². The highest BCUT2D eigenvalue weighted by Gasteiger charge is 2.07. The van der Waals surface area contributed by atoms with Gasteiger partial charge in [0.25, 0.3) is 0 Å². The summed E-state index contributed by atoms with van der Waals surface area (Å²) in [6, 6.07) is 21.9. The van der Waals surface area contributed by atoms with E-state index >= 15 is 0 Å². The molecule has 3 aromatic rings. The fraction of sp³-hybridized carbons (Fsp3) is 0.200. The van der Waals surface area contributed by atoms with Crippen molar-refractivity contribution in [2.75, 3.05) is 0 Å². The smallest absolute Gasteiger partial charge is 0.0332 e. The molecule has 1 heteroatoms. The van der Waals surface area contributed by atoms with Gasteiger partial charge in [0.2, 0.25) is 0 Å². The largest absolute Gasteiger partial charge is 0.0654 e. The second kappa shape index (κ2) is 6.44. The van der Waals surface area contributed by atoms with Gasteiger partial charge in [-0.25, -0.2) is 0 Å². The Morgan fingerprint density at radius 3 is 2.38 bits per heavy atom. The van der Waals surface area contributed by atoms with Crippen LogP contribution in [-0.2, 0) is 6.42 Å². The van der Waals surface area contributed by atoms with Gasteiger partial charge in [-0.2, -0.15) is 0 Å². The minimum Gasteiger partial charge on any atom is -0.0654 e. The van der Waals surface area contributed by atoms with Gasteiger partial charge in [-0.15, -0.1) is 0 Å². The fourth-order valence-corrected chi connectivity index (χ4v) is 3.41. The van der Waals surface area contributed by atoms with Crippen LogP contribution in [-0.4, -0.2) is 0 Å². The number of aryl methyl sites for hydroxylation is 1. The molecule has 3 aromatic carbocycles. The number of halogens is 1. The second-order valence-electron chi connectivity index (χ2n) is 5.45. The van der Waals surface area contributed by atoms with E-state index in [2.05, 4.69) is 83.5 Å². The van der Waals surface area contributed by atoms with Crippen molar-refractivity contribution in [3.05, 3.63) is 70.7 Å². The van der Waals surface area contributed by atoms with Crippen LogP contribution in [0.1, 0.15) is 25.3 Å². The van der Waals surface area contributed by atoms with Gasteiger partial charge in [0.05, 0.1) is 0 Å². The first-order chi connectivity index (χ1) is 10.3. The third-order valence-corrected chi connectivity index (χ3v) is 4.80. The van der Waals surface area contributed by atoms with Crippen LogP contribution in [0.4, 0.5) is 0 Å². The number of hydrogen-bond donors (Lipinski definition) is 0. The maximum Gasteiger partial charge on any atom is 0.0332 e. The van der Waals surface area contributed by atoms with Crippen LogP contribution in [0.5, 0.6) is 0 Å². The van der Waals surface area contributed by atoms with Crippen LogP contribution < -0.4 is 0 Å². The highest BCUT2D eigenvalue weighted by atomic mass is 79.9. The van der Waals surface area contributed by atoms with Crippen molar-refractivity contribution in [3.8, 4) is 11.1 Å². The standard InChI is InChI=1S/C20H19Br/c1-2-3-6-15-9-11-17(12-10-15)19-14-13-16-7-4-5-8-18(16)20(19)21/h4-5,7-14H,2-3,6H2,1H3. The van der Waals surface area contributed by atoms with Crippen molar-refractivity contribution >= 4 is 26.7 Å². The molecule has 0 saturated heterocycles. The van der Waals surface area contributed by atoms with E-state index in [0.717, 1.165) is 0 Å². The third kappa shape index (κ3) is 3.03. The van der Waals surface area contributed by atoms with Gasteiger partial charge in [0, 0.05) is 4.47 Å². The molecule has 0 saturated carbocycles. The van der Waals surface area contributed by atoms with E-state index < -0.39 is 0 Å². The van der Waals surface area contributed by atoms with Crippen molar-refractivity contribution in [3.63, 3.8) is 0 Å². The van der Waals surface area contributed by atoms with Crippen LogP contribution in [0.25, 0.3) is 21.9 Å². The molecule has 3 rings (SSSR count). The lowest BCUT2D eigenvalue weighted by atomic mass is 9.99. The van der Waals surface area contributed by atoms with Crippen molar-refractivity contribution < 1.29 is 0 Å². The van der Waals surface area contributed by atoms with Gasteiger partial charge in [-0.1, -0.05) is 74.0 Å². The molecular weight excluding hydrogens is 320 g/mol. The van der Waals surface area contributed by atoms with E-state index in [0.29, 0.717) is 0 Å². The van der Waals surface area contributed by atoms with Gasteiger partial charge in [0.1, 0.15) is 0 Å². The molecule has 0 unspecified atom stereocenters. The topological polar surface area (TPSA) is 0 Å². The minimum atomic E-state index is 1.18. The lowest BCUT2D eigenvalue weighted by Crippen LogP contribution is -1.86. The van der Waals surface area contributed by atoms with Gasteiger partial charge in [-0.3, -0.25) is 0 Å². The summed E-state index contributed by atoms with van der Waals surface area (Å²) in [4.78, 5) is 0. The molecule has 0 spiro atoms. The number of fused-ring (bicyclic) bond motifs is 1. The zero-order valence-corrected chi connectivity index (χ0v) is 13.9. The van der Waals surface area contributed by atoms with Crippen LogP contribution in [0, 0.1) is 0 Å². The molecule has 0 atom stereocenters. The van der Waals surface area contributed by atoms with E-state index in [1.807, 2.05) is 0 Å². The van der Waals surface area contributed by atoms with Crippen LogP contribution in [0.3, 0.4) is 0 Å². The molecule has 0 fully saturated rings. The van der Waals surface area contributed by atoms with E-state index in [9.17, 15) is 0 Å². The minimum absolute atomic E-state index is 1.18. The Balaban J connectivity index is 1.98. The maximum absolute atomic E-state index is 3.78. The monoisotopic (exact) mass is 338 g/mol. The lowest BCUT2D eigenvalue weighted by Gasteiger charge is -2.09. The van der Waals surface area contributed by atoms with E-state index in [1.54, 1.807) is 0 Å². The SMILES string of the molecule is CCCCc1ccc(-c2ccc3ccccc3c2Br)cc1. The summed E-state index contributed by atoms with van der Waals surface area (Å²) in [5, 5.41) is 2.54. The molecular formula is C20H19Br. The molecule has 0 aromatic heterocycles. The Kier molecular flexibility index (Phi) is 4.40. The molecule has 21 heavy (non-hydrogen) atoms. The summed E-state index contributed by atoms with van der Waals surface area (Å²) in [6.45, 7) is 2.24.